The van der Waals surface area contributed by atoms with Crippen molar-refractivity contribution in [2.45, 2.75) is 13.8 Å². The van der Waals surface area contributed by atoms with E-state index in [1.54, 1.807) is 0 Å². The van der Waals surface area contributed by atoms with Crippen LogP contribution in [-0.4, -0.2) is 0 Å². The van der Waals surface area contributed by atoms with Crippen LogP contribution in [0.3, 0.4) is 0 Å². The first-order chi connectivity index (χ1) is 13.8. The summed E-state index contributed by atoms with van der Waals surface area (Å²) in [6, 6.07) is 19.1. The second-order valence-electron chi connectivity index (χ2n) is 6.54. The van der Waals surface area contributed by atoms with Gasteiger partial charge in [-0.3, -0.25) is 0 Å². The third-order valence-electron chi connectivity index (χ3n) is 4.87. The first-order valence-corrected chi connectivity index (χ1v) is 9.61. The van der Waals surface area contributed by atoms with Crippen LogP contribution in [0.15, 0.2) is 98.1 Å². The van der Waals surface area contributed by atoms with Crippen LogP contribution in [0, 0.1) is 0 Å². The molecule has 0 saturated heterocycles. The lowest BCUT2D eigenvalue weighted by atomic mass is 9.83. The molecule has 0 bridgehead atoms. The van der Waals surface area contributed by atoms with E-state index >= 15 is 0 Å². The van der Waals surface area contributed by atoms with Gasteiger partial charge in [-0.25, -0.2) is 0 Å². The zero-order chi connectivity index (χ0) is 19.9. The molecule has 138 valence electrons. The van der Waals surface area contributed by atoms with Crippen molar-refractivity contribution in [1.29, 1.82) is 0 Å². The van der Waals surface area contributed by atoms with Crippen LogP contribution in [0.4, 0.5) is 0 Å². The zero-order valence-electron chi connectivity index (χ0n) is 16.7. The first kappa shape index (κ1) is 19.4. The Morgan fingerprint density at radius 3 is 2.00 bits per heavy atom. The van der Waals surface area contributed by atoms with Crippen LogP contribution < -0.4 is 0 Å². The van der Waals surface area contributed by atoms with Gasteiger partial charge in [0, 0.05) is 0 Å². The van der Waals surface area contributed by atoms with E-state index in [2.05, 4.69) is 86.0 Å². The first-order valence-electron chi connectivity index (χ1n) is 9.61. The molecule has 0 heteroatoms. The Bertz CT molecular complexity index is 1090. The molecule has 0 N–H and O–H groups in total. The molecule has 0 aliphatic carbocycles. The minimum absolute atomic E-state index is 1.11. The van der Waals surface area contributed by atoms with Gasteiger partial charge in [0.05, 0.1) is 0 Å². The second kappa shape index (κ2) is 9.01. The Balaban J connectivity index is 2.55. The van der Waals surface area contributed by atoms with E-state index in [4.69, 9.17) is 0 Å². The van der Waals surface area contributed by atoms with E-state index < -0.39 is 0 Å². The average molecular weight is 363 g/mol. The summed E-state index contributed by atoms with van der Waals surface area (Å²) < 4.78 is 0. The molecule has 3 rings (SSSR count). The summed E-state index contributed by atoms with van der Waals surface area (Å²) in [7, 11) is 0. The molecule has 0 nitrogen and oxygen atoms in total. The normalized spacial score (nSPS) is 12.1. The van der Waals surface area contributed by atoms with Gasteiger partial charge in [-0.1, -0.05) is 110 Å². The topological polar surface area (TPSA) is 0 Å². The van der Waals surface area contributed by atoms with E-state index in [-0.39, 0.29) is 0 Å². The van der Waals surface area contributed by atoms with Gasteiger partial charge in [0.2, 0.25) is 0 Å². The maximum atomic E-state index is 4.15. The van der Waals surface area contributed by atoms with Crippen LogP contribution in [-0.2, 0) is 0 Å². The number of fused-ring (bicyclic) bond motifs is 1. The summed E-state index contributed by atoms with van der Waals surface area (Å²) in [5.74, 6) is 0. The van der Waals surface area contributed by atoms with Crippen molar-refractivity contribution in [3.8, 4) is 11.1 Å². The van der Waals surface area contributed by atoms with E-state index in [1.807, 2.05) is 38.1 Å². The van der Waals surface area contributed by atoms with E-state index in [0.29, 0.717) is 0 Å². The molecule has 0 heterocycles. The Morgan fingerprint density at radius 1 is 0.750 bits per heavy atom. The van der Waals surface area contributed by atoms with Gasteiger partial charge in [0.15, 0.2) is 0 Å². The molecule has 0 amide bonds. The van der Waals surface area contributed by atoms with E-state index in [0.717, 1.165) is 16.7 Å². The van der Waals surface area contributed by atoms with Crippen molar-refractivity contribution < 1.29 is 0 Å². The third-order valence-corrected chi connectivity index (χ3v) is 4.87. The molecular formula is C28H26. The van der Waals surface area contributed by atoms with Crippen molar-refractivity contribution in [1.82, 2.24) is 0 Å². The molecule has 0 fully saturated rings. The Hall–Kier alpha value is -3.38. The van der Waals surface area contributed by atoms with E-state index in [1.165, 1.54) is 27.5 Å². The highest BCUT2D eigenvalue weighted by atomic mass is 14.2. The quantitative estimate of drug-likeness (QED) is 0.387. The summed E-state index contributed by atoms with van der Waals surface area (Å²) in [5.41, 5.74) is 6.97. The Kier molecular flexibility index (Phi) is 6.24. The molecule has 28 heavy (non-hydrogen) atoms. The molecule has 0 aromatic heterocycles. The lowest BCUT2D eigenvalue weighted by Crippen LogP contribution is -1.98. The summed E-state index contributed by atoms with van der Waals surface area (Å²) in [5, 5.41) is 2.44. The summed E-state index contributed by atoms with van der Waals surface area (Å²) >= 11 is 0. The van der Waals surface area contributed by atoms with Crippen molar-refractivity contribution >= 4 is 28.5 Å². The molecule has 0 aliphatic rings. The van der Waals surface area contributed by atoms with Gasteiger partial charge >= 0.3 is 0 Å². The molecular weight excluding hydrogens is 336 g/mol. The Labute approximate surface area is 168 Å². The molecule has 0 saturated carbocycles. The predicted octanol–water partition coefficient (Wildman–Crippen LogP) is 8.33. The van der Waals surface area contributed by atoms with Crippen LogP contribution in [0.5, 0.6) is 0 Å². The third kappa shape index (κ3) is 3.54. The highest BCUT2D eigenvalue weighted by Crippen LogP contribution is 2.41. The lowest BCUT2D eigenvalue weighted by Gasteiger charge is -2.20. The smallest absolute Gasteiger partial charge is 0.00266 e. The molecule has 0 aliphatic heterocycles. The monoisotopic (exact) mass is 362 g/mol. The SMILES string of the molecule is C=Cc1c(C=C)c(-c2ccccc2)c2ccccc2c1C(/C=C\C)=C/C=C\C. The number of hydrogen-bond acceptors (Lipinski definition) is 0. The highest BCUT2D eigenvalue weighted by molar-refractivity contribution is 6.10. The minimum Gasteiger partial charge on any atom is -0.0984 e. The van der Waals surface area contributed by atoms with Gasteiger partial charge in [0.1, 0.15) is 0 Å². The van der Waals surface area contributed by atoms with Crippen molar-refractivity contribution in [2.24, 2.45) is 0 Å². The summed E-state index contributed by atoms with van der Waals surface area (Å²) in [6.07, 6.45) is 14.4. The lowest BCUT2D eigenvalue weighted by molar-refractivity contribution is 1.56. The fourth-order valence-corrected chi connectivity index (χ4v) is 3.73. The second-order valence-corrected chi connectivity index (χ2v) is 6.54. The number of rotatable bonds is 6. The van der Waals surface area contributed by atoms with Crippen LogP contribution in [0.25, 0.3) is 39.6 Å². The van der Waals surface area contributed by atoms with Crippen molar-refractivity contribution in [3.63, 3.8) is 0 Å². The largest absolute Gasteiger partial charge is 0.0984 e. The van der Waals surface area contributed by atoms with Crippen molar-refractivity contribution in [2.75, 3.05) is 0 Å². The average Bonchev–Trinajstić information content (AvgIpc) is 2.75. The fraction of sp³-hybridized carbons (Fsp3) is 0.0714. The minimum atomic E-state index is 1.11. The van der Waals surface area contributed by atoms with Crippen LogP contribution in [0.1, 0.15) is 30.5 Å². The Morgan fingerprint density at radius 2 is 1.39 bits per heavy atom. The number of hydrogen-bond donors (Lipinski definition) is 0. The number of benzene rings is 3. The zero-order valence-corrected chi connectivity index (χ0v) is 16.7. The number of allylic oxidation sites excluding steroid dienone is 6. The standard InChI is InChI=1S/C28H26/c1-5-9-16-21(15-6-2)27-23(7-3)24(8-4)28(22-17-11-10-12-18-22)26-20-14-13-19-25(26)27/h5-20H,3-4H2,1-2H3/b9-5-,15-6-,21-16+. The molecule has 0 spiro atoms. The maximum absolute atomic E-state index is 4.15. The molecule has 0 atom stereocenters. The van der Waals surface area contributed by atoms with Crippen LogP contribution in [0.2, 0.25) is 0 Å². The van der Waals surface area contributed by atoms with Crippen molar-refractivity contribution in [3.05, 3.63) is 115 Å². The molecule has 3 aromatic carbocycles. The summed E-state index contributed by atoms with van der Waals surface area (Å²) in [6.45, 7) is 12.4. The van der Waals surface area contributed by atoms with E-state index in [9.17, 15) is 0 Å². The molecule has 0 radical (unpaired) electrons. The molecule has 3 aromatic rings. The predicted molar refractivity (Wildman–Crippen MR) is 127 cm³/mol. The van der Waals surface area contributed by atoms with Gasteiger partial charge < -0.3 is 0 Å². The fourth-order valence-electron chi connectivity index (χ4n) is 3.73. The molecule has 0 unspecified atom stereocenters. The van der Waals surface area contributed by atoms with Gasteiger partial charge in [-0.2, -0.15) is 0 Å². The highest BCUT2D eigenvalue weighted by Gasteiger charge is 2.18. The van der Waals surface area contributed by atoms with Gasteiger partial charge in [0.25, 0.3) is 0 Å². The van der Waals surface area contributed by atoms with Crippen LogP contribution >= 0.6 is 0 Å². The van der Waals surface area contributed by atoms with Gasteiger partial charge in [-0.15, -0.1) is 0 Å². The summed E-state index contributed by atoms with van der Waals surface area (Å²) in [4.78, 5) is 0. The maximum Gasteiger partial charge on any atom is -0.00266 e. The van der Waals surface area contributed by atoms with Gasteiger partial charge in [-0.05, 0) is 58.0 Å².